The fraction of sp³-hybridized carbons (Fsp3) is 0.529. The first kappa shape index (κ1) is 23.4. The van der Waals surface area contributed by atoms with Gasteiger partial charge in [0.05, 0.1) is 27.7 Å². The first-order valence-corrected chi connectivity index (χ1v) is 8.75. The molecule has 1 aromatic rings. The number of anilines is 1. The summed E-state index contributed by atoms with van der Waals surface area (Å²) in [5, 5.41) is 20.7. The van der Waals surface area contributed by atoms with E-state index in [0.717, 1.165) is 12.1 Å². The van der Waals surface area contributed by atoms with E-state index in [4.69, 9.17) is 5.41 Å². The Bertz CT molecular complexity index is 845. The van der Waals surface area contributed by atoms with Crippen LogP contribution < -0.4 is 10.2 Å². The van der Waals surface area contributed by atoms with E-state index in [-0.39, 0.29) is 42.9 Å². The molecule has 0 aliphatic carbocycles. The van der Waals surface area contributed by atoms with Crippen LogP contribution in [0.5, 0.6) is 0 Å². The number of carbonyl (C=O) groups excluding carboxylic acids is 1. The molecule has 1 heterocycles. The van der Waals surface area contributed by atoms with Gasteiger partial charge in [-0.2, -0.15) is 26.3 Å². The Labute approximate surface area is 166 Å². The fourth-order valence-corrected chi connectivity index (χ4v) is 3.20. The molecule has 0 atom stereocenters. The quantitative estimate of drug-likeness (QED) is 0.312. The van der Waals surface area contributed by atoms with Crippen LogP contribution in [0.4, 0.5) is 37.7 Å². The number of benzene rings is 1. The van der Waals surface area contributed by atoms with Crippen molar-refractivity contribution in [3.05, 3.63) is 33.4 Å². The second kappa shape index (κ2) is 8.48. The smallest absolute Gasteiger partial charge is 0.371 e. The van der Waals surface area contributed by atoms with E-state index >= 15 is 0 Å². The highest BCUT2D eigenvalue weighted by atomic mass is 19.4. The van der Waals surface area contributed by atoms with Gasteiger partial charge in [0, 0.05) is 24.9 Å². The molecule has 1 saturated heterocycles. The Balaban J connectivity index is 2.46. The van der Waals surface area contributed by atoms with Gasteiger partial charge in [-0.1, -0.05) is 0 Å². The summed E-state index contributed by atoms with van der Waals surface area (Å²) in [5.41, 5.74) is -1.60. The first-order chi connectivity index (χ1) is 13.7. The minimum absolute atomic E-state index is 0.0532. The Morgan fingerprint density at radius 3 is 2.20 bits per heavy atom. The zero-order chi connectivity index (χ0) is 22.9. The highest BCUT2D eigenvalue weighted by Crippen LogP contribution is 2.37. The molecular formula is C17H18F6N4O3. The third kappa shape index (κ3) is 5.60. The number of hydrogen-bond acceptors (Lipinski definition) is 5. The van der Waals surface area contributed by atoms with Crippen molar-refractivity contribution >= 4 is 23.0 Å². The van der Waals surface area contributed by atoms with E-state index in [0.29, 0.717) is 0 Å². The molecule has 1 aliphatic heterocycles. The van der Waals surface area contributed by atoms with Crippen molar-refractivity contribution in [3.8, 4) is 0 Å². The second-order valence-corrected chi connectivity index (χ2v) is 6.87. The highest BCUT2D eigenvalue weighted by molar-refractivity contribution is 6.06. The minimum atomic E-state index is -4.72. The second-order valence-electron chi connectivity index (χ2n) is 6.87. The monoisotopic (exact) mass is 440 g/mol. The molecule has 7 nitrogen and oxygen atoms in total. The van der Waals surface area contributed by atoms with E-state index in [1.807, 2.05) is 0 Å². The van der Waals surface area contributed by atoms with Crippen molar-refractivity contribution in [1.82, 2.24) is 5.32 Å². The molecule has 0 spiro atoms. The summed E-state index contributed by atoms with van der Waals surface area (Å²) in [5.74, 6) is -2.81. The van der Waals surface area contributed by atoms with Crippen LogP contribution in [0.1, 0.15) is 35.7 Å². The lowest BCUT2D eigenvalue weighted by atomic mass is 9.94. The summed E-state index contributed by atoms with van der Waals surface area (Å²) < 4.78 is 76.1. The van der Waals surface area contributed by atoms with Gasteiger partial charge in [-0.05, 0) is 25.8 Å². The van der Waals surface area contributed by atoms with Crippen molar-refractivity contribution in [1.29, 1.82) is 5.41 Å². The fourth-order valence-electron chi connectivity index (χ4n) is 3.20. The lowest BCUT2D eigenvalue weighted by molar-refractivity contribution is -0.385. The molecule has 0 saturated carbocycles. The molecule has 13 heteroatoms. The molecule has 0 unspecified atom stereocenters. The number of nitrogens with zero attached hydrogens (tertiary/aromatic N) is 2. The summed E-state index contributed by atoms with van der Waals surface area (Å²) in [6.07, 6.45) is -9.73. The Morgan fingerprint density at radius 1 is 1.20 bits per heavy atom. The summed E-state index contributed by atoms with van der Waals surface area (Å²) in [4.78, 5) is 24.1. The number of alkyl halides is 6. The number of carbonyl (C=O) groups is 1. The molecule has 0 aromatic heterocycles. The van der Waals surface area contributed by atoms with Gasteiger partial charge in [0.25, 0.3) is 11.6 Å². The van der Waals surface area contributed by atoms with Crippen LogP contribution in [-0.2, 0) is 0 Å². The maximum Gasteiger partial charge on any atom is 0.405 e. The normalized spacial score (nSPS) is 15.8. The molecule has 1 aliphatic rings. The SMILES string of the molecule is CC(=N)c1cc(N2CCC(C(F)(F)F)CC2)c(C(=O)NCC(F)(F)F)cc1[N+](=O)[O-]. The van der Waals surface area contributed by atoms with E-state index < -0.39 is 46.9 Å². The molecule has 0 radical (unpaired) electrons. The van der Waals surface area contributed by atoms with Crippen LogP contribution >= 0.6 is 0 Å². The van der Waals surface area contributed by atoms with Crippen LogP contribution in [0.15, 0.2) is 12.1 Å². The van der Waals surface area contributed by atoms with E-state index in [1.165, 1.54) is 11.8 Å². The van der Waals surface area contributed by atoms with Crippen LogP contribution in [0.2, 0.25) is 0 Å². The van der Waals surface area contributed by atoms with Crippen molar-refractivity contribution < 1.29 is 36.1 Å². The predicted molar refractivity (Wildman–Crippen MR) is 95.0 cm³/mol. The molecule has 0 bridgehead atoms. The van der Waals surface area contributed by atoms with E-state index in [1.54, 1.807) is 5.32 Å². The summed E-state index contributed by atoms with van der Waals surface area (Å²) >= 11 is 0. The van der Waals surface area contributed by atoms with Gasteiger partial charge in [0.15, 0.2) is 0 Å². The van der Waals surface area contributed by atoms with Crippen LogP contribution in [0.3, 0.4) is 0 Å². The largest absolute Gasteiger partial charge is 0.405 e. The zero-order valence-electron chi connectivity index (χ0n) is 15.7. The molecule has 1 aromatic carbocycles. The number of nitro benzene ring substituents is 1. The van der Waals surface area contributed by atoms with Gasteiger partial charge in [-0.3, -0.25) is 14.9 Å². The topological polar surface area (TPSA) is 99.3 Å². The van der Waals surface area contributed by atoms with Gasteiger partial charge in [0.2, 0.25) is 0 Å². The Kier molecular flexibility index (Phi) is 6.62. The summed E-state index contributed by atoms with van der Waals surface area (Å²) in [7, 11) is 0. The van der Waals surface area contributed by atoms with Crippen LogP contribution in [-0.4, -0.2) is 48.5 Å². The summed E-state index contributed by atoms with van der Waals surface area (Å²) in [6, 6.07) is 1.85. The zero-order valence-corrected chi connectivity index (χ0v) is 15.7. The van der Waals surface area contributed by atoms with Crippen molar-refractivity contribution in [2.24, 2.45) is 5.92 Å². The number of amides is 1. The van der Waals surface area contributed by atoms with Crippen LogP contribution in [0.25, 0.3) is 0 Å². The highest BCUT2D eigenvalue weighted by Gasteiger charge is 2.41. The van der Waals surface area contributed by atoms with E-state index in [2.05, 4.69) is 0 Å². The molecule has 2 rings (SSSR count). The van der Waals surface area contributed by atoms with Crippen molar-refractivity contribution in [3.63, 3.8) is 0 Å². The van der Waals surface area contributed by atoms with Crippen molar-refractivity contribution in [2.45, 2.75) is 32.1 Å². The average Bonchev–Trinajstić information content (AvgIpc) is 2.63. The Morgan fingerprint density at radius 2 is 1.77 bits per heavy atom. The van der Waals surface area contributed by atoms with Gasteiger partial charge >= 0.3 is 12.4 Å². The Hall–Kier alpha value is -2.86. The molecule has 1 fully saturated rings. The molecule has 1 amide bonds. The number of nitrogens with one attached hydrogen (secondary N) is 2. The van der Waals surface area contributed by atoms with Gasteiger partial charge in [-0.25, -0.2) is 0 Å². The van der Waals surface area contributed by atoms with E-state index in [9.17, 15) is 41.3 Å². The minimum Gasteiger partial charge on any atom is -0.371 e. The molecular weight excluding hydrogens is 422 g/mol. The van der Waals surface area contributed by atoms with Crippen molar-refractivity contribution in [2.75, 3.05) is 24.5 Å². The number of nitro groups is 1. The summed E-state index contributed by atoms with van der Waals surface area (Å²) in [6.45, 7) is -0.748. The van der Waals surface area contributed by atoms with Gasteiger partial charge in [0.1, 0.15) is 6.54 Å². The van der Waals surface area contributed by atoms with Crippen LogP contribution in [0, 0.1) is 21.4 Å². The molecule has 166 valence electrons. The maximum atomic E-state index is 12.9. The number of piperidine rings is 1. The third-order valence-electron chi connectivity index (χ3n) is 4.71. The predicted octanol–water partition coefficient (Wildman–Crippen LogP) is 4.05. The van der Waals surface area contributed by atoms with Gasteiger partial charge in [-0.15, -0.1) is 0 Å². The number of hydrogen-bond donors (Lipinski definition) is 2. The molecule has 30 heavy (non-hydrogen) atoms. The third-order valence-corrected chi connectivity index (χ3v) is 4.71. The molecule has 2 N–H and O–H groups in total. The lowest BCUT2D eigenvalue weighted by Crippen LogP contribution is -2.40. The number of rotatable bonds is 5. The first-order valence-electron chi connectivity index (χ1n) is 8.75. The number of halogens is 6. The maximum absolute atomic E-state index is 12.9. The van der Waals surface area contributed by atoms with Gasteiger partial charge < -0.3 is 15.6 Å². The average molecular weight is 440 g/mol. The lowest BCUT2D eigenvalue weighted by Gasteiger charge is -2.35. The standard InChI is InChI=1S/C17H18F6N4O3/c1-9(24)11-6-13(26-4-2-10(3-5-26)17(21,22)23)12(7-14(11)27(29)30)15(28)25-8-16(18,19)20/h6-7,10,24H,2-5,8H2,1H3,(H,25,28).